The molecule has 4 heteroatoms. The highest BCUT2D eigenvalue weighted by Gasteiger charge is 2.39. The van der Waals surface area contributed by atoms with Crippen LogP contribution in [0.3, 0.4) is 0 Å². The highest BCUT2D eigenvalue weighted by Crippen LogP contribution is 2.23. The van der Waals surface area contributed by atoms with E-state index in [4.69, 9.17) is 0 Å². The van der Waals surface area contributed by atoms with Gasteiger partial charge in [-0.1, -0.05) is 0 Å². The SMILES string of the molecule is CC1(N2CCNC2=O)CCNC1. The van der Waals surface area contributed by atoms with E-state index in [0.29, 0.717) is 0 Å². The standard InChI is InChI=1S/C8H15N3O/c1-8(2-3-9-6-8)11-5-4-10-7(11)12/h9H,2-6H2,1H3,(H,10,12). The Hall–Kier alpha value is -0.770. The number of carbonyl (C=O) groups is 1. The Bertz CT molecular complexity index is 198. The largest absolute Gasteiger partial charge is 0.336 e. The third-order valence-electron chi connectivity index (χ3n) is 2.85. The van der Waals surface area contributed by atoms with Crippen molar-refractivity contribution in [1.29, 1.82) is 0 Å². The first-order valence-corrected chi connectivity index (χ1v) is 4.49. The molecule has 0 spiro atoms. The number of hydrogen-bond acceptors (Lipinski definition) is 2. The topological polar surface area (TPSA) is 44.4 Å². The van der Waals surface area contributed by atoms with E-state index in [1.165, 1.54) is 0 Å². The maximum absolute atomic E-state index is 11.4. The highest BCUT2D eigenvalue weighted by molar-refractivity contribution is 5.77. The van der Waals surface area contributed by atoms with Crippen molar-refractivity contribution in [3.05, 3.63) is 0 Å². The van der Waals surface area contributed by atoms with Crippen LogP contribution in [0.1, 0.15) is 13.3 Å². The predicted molar refractivity (Wildman–Crippen MR) is 46.0 cm³/mol. The van der Waals surface area contributed by atoms with E-state index < -0.39 is 0 Å². The summed E-state index contributed by atoms with van der Waals surface area (Å²) in [6.07, 6.45) is 1.07. The monoisotopic (exact) mass is 169 g/mol. The summed E-state index contributed by atoms with van der Waals surface area (Å²) in [5.41, 5.74) is 0.0561. The van der Waals surface area contributed by atoms with E-state index in [1.807, 2.05) is 4.90 Å². The summed E-state index contributed by atoms with van der Waals surface area (Å²) in [6.45, 7) is 5.77. The summed E-state index contributed by atoms with van der Waals surface area (Å²) in [4.78, 5) is 13.3. The van der Waals surface area contributed by atoms with Gasteiger partial charge in [-0.2, -0.15) is 0 Å². The molecule has 2 aliphatic heterocycles. The lowest BCUT2D eigenvalue weighted by Crippen LogP contribution is -2.49. The van der Waals surface area contributed by atoms with Gasteiger partial charge in [-0.3, -0.25) is 0 Å². The number of nitrogens with zero attached hydrogens (tertiary/aromatic N) is 1. The summed E-state index contributed by atoms with van der Waals surface area (Å²) in [6, 6.07) is 0.0983. The van der Waals surface area contributed by atoms with Crippen molar-refractivity contribution in [2.45, 2.75) is 18.9 Å². The molecule has 2 N–H and O–H groups in total. The Kier molecular flexibility index (Phi) is 1.72. The fraction of sp³-hybridized carbons (Fsp3) is 0.875. The second-order valence-electron chi connectivity index (χ2n) is 3.81. The molecule has 0 aromatic rings. The Morgan fingerprint density at radius 3 is 2.83 bits per heavy atom. The summed E-state index contributed by atoms with van der Waals surface area (Å²) in [5, 5.41) is 6.12. The van der Waals surface area contributed by atoms with Gasteiger partial charge in [0.1, 0.15) is 0 Å². The number of amides is 2. The average Bonchev–Trinajstić information content (AvgIpc) is 2.59. The summed E-state index contributed by atoms with van der Waals surface area (Å²) < 4.78 is 0. The summed E-state index contributed by atoms with van der Waals surface area (Å²) in [7, 11) is 0. The van der Waals surface area contributed by atoms with Gasteiger partial charge in [0.05, 0.1) is 5.54 Å². The molecule has 0 aromatic heterocycles. The number of rotatable bonds is 1. The van der Waals surface area contributed by atoms with Gasteiger partial charge in [-0.05, 0) is 19.9 Å². The molecule has 2 fully saturated rings. The van der Waals surface area contributed by atoms with Crippen LogP contribution in [0.4, 0.5) is 4.79 Å². The molecule has 2 aliphatic rings. The van der Waals surface area contributed by atoms with Crippen molar-refractivity contribution in [3.8, 4) is 0 Å². The molecule has 0 saturated carbocycles. The van der Waals surface area contributed by atoms with Gasteiger partial charge in [0.25, 0.3) is 0 Å². The van der Waals surface area contributed by atoms with Crippen LogP contribution in [0, 0.1) is 0 Å². The predicted octanol–water partition coefficient (Wildman–Crippen LogP) is -0.236. The van der Waals surface area contributed by atoms with Crippen molar-refractivity contribution in [2.24, 2.45) is 0 Å². The van der Waals surface area contributed by atoms with Crippen molar-refractivity contribution in [2.75, 3.05) is 26.2 Å². The van der Waals surface area contributed by atoms with Crippen LogP contribution in [0.2, 0.25) is 0 Å². The lowest BCUT2D eigenvalue weighted by atomic mass is 10.00. The van der Waals surface area contributed by atoms with Crippen molar-refractivity contribution >= 4 is 6.03 Å². The lowest BCUT2D eigenvalue weighted by Gasteiger charge is -2.33. The first kappa shape index (κ1) is 7.86. The molecule has 0 radical (unpaired) electrons. The Balaban J connectivity index is 2.11. The minimum atomic E-state index is 0.0561. The average molecular weight is 169 g/mol. The number of nitrogens with one attached hydrogen (secondary N) is 2. The van der Waals surface area contributed by atoms with Gasteiger partial charge in [-0.15, -0.1) is 0 Å². The zero-order valence-electron chi connectivity index (χ0n) is 7.39. The molecule has 12 heavy (non-hydrogen) atoms. The second-order valence-corrected chi connectivity index (χ2v) is 3.81. The molecule has 2 rings (SSSR count). The van der Waals surface area contributed by atoms with E-state index in [2.05, 4.69) is 17.6 Å². The third kappa shape index (κ3) is 1.06. The molecular weight excluding hydrogens is 154 g/mol. The molecule has 0 aromatic carbocycles. The van der Waals surface area contributed by atoms with Gasteiger partial charge in [0.15, 0.2) is 0 Å². The van der Waals surface area contributed by atoms with E-state index >= 15 is 0 Å². The quantitative estimate of drug-likeness (QED) is 0.569. The first-order valence-electron chi connectivity index (χ1n) is 4.49. The molecule has 68 valence electrons. The third-order valence-corrected chi connectivity index (χ3v) is 2.85. The summed E-state index contributed by atoms with van der Waals surface area (Å²) >= 11 is 0. The zero-order chi connectivity index (χ0) is 8.60. The van der Waals surface area contributed by atoms with Crippen molar-refractivity contribution in [3.63, 3.8) is 0 Å². The molecule has 1 unspecified atom stereocenters. The molecule has 0 aliphatic carbocycles. The van der Waals surface area contributed by atoms with Crippen LogP contribution in [0.15, 0.2) is 0 Å². The fourth-order valence-corrected chi connectivity index (χ4v) is 2.02. The van der Waals surface area contributed by atoms with Gasteiger partial charge >= 0.3 is 6.03 Å². The van der Waals surface area contributed by atoms with Crippen LogP contribution in [-0.2, 0) is 0 Å². The molecular formula is C8H15N3O. The maximum atomic E-state index is 11.4. The Morgan fingerprint density at radius 2 is 2.33 bits per heavy atom. The smallest absolute Gasteiger partial charge is 0.318 e. The lowest BCUT2D eigenvalue weighted by molar-refractivity contribution is 0.160. The molecule has 2 heterocycles. The molecule has 4 nitrogen and oxygen atoms in total. The Morgan fingerprint density at radius 1 is 1.50 bits per heavy atom. The van der Waals surface area contributed by atoms with E-state index in [9.17, 15) is 4.79 Å². The molecule has 2 saturated heterocycles. The van der Waals surface area contributed by atoms with E-state index in [0.717, 1.165) is 32.6 Å². The van der Waals surface area contributed by atoms with Crippen LogP contribution in [-0.4, -0.2) is 42.6 Å². The van der Waals surface area contributed by atoms with Gasteiger partial charge in [0.2, 0.25) is 0 Å². The molecule has 2 amide bonds. The fourth-order valence-electron chi connectivity index (χ4n) is 2.02. The number of carbonyl (C=O) groups excluding carboxylic acids is 1. The zero-order valence-corrected chi connectivity index (χ0v) is 7.39. The van der Waals surface area contributed by atoms with Gasteiger partial charge in [-0.25, -0.2) is 4.79 Å². The van der Waals surface area contributed by atoms with Crippen molar-refractivity contribution < 1.29 is 4.79 Å². The summed E-state index contributed by atoms with van der Waals surface area (Å²) in [5.74, 6) is 0. The van der Waals surface area contributed by atoms with E-state index in [-0.39, 0.29) is 11.6 Å². The van der Waals surface area contributed by atoms with Gasteiger partial charge in [0, 0.05) is 19.6 Å². The minimum absolute atomic E-state index is 0.0561. The van der Waals surface area contributed by atoms with Crippen LogP contribution < -0.4 is 10.6 Å². The van der Waals surface area contributed by atoms with E-state index in [1.54, 1.807) is 0 Å². The molecule has 0 bridgehead atoms. The maximum Gasteiger partial charge on any atom is 0.318 e. The van der Waals surface area contributed by atoms with Crippen molar-refractivity contribution in [1.82, 2.24) is 15.5 Å². The second kappa shape index (κ2) is 2.62. The van der Waals surface area contributed by atoms with Gasteiger partial charge < -0.3 is 15.5 Å². The minimum Gasteiger partial charge on any atom is -0.336 e. The normalized spacial score (nSPS) is 35.8. The highest BCUT2D eigenvalue weighted by atomic mass is 16.2. The van der Waals surface area contributed by atoms with Crippen LogP contribution in [0.25, 0.3) is 0 Å². The Labute approximate surface area is 72.3 Å². The first-order chi connectivity index (χ1) is 5.72. The van der Waals surface area contributed by atoms with Crippen LogP contribution >= 0.6 is 0 Å². The number of hydrogen-bond donors (Lipinski definition) is 2. The molecule has 1 atom stereocenters. The number of urea groups is 1. The van der Waals surface area contributed by atoms with Crippen LogP contribution in [0.5, 0.6) is 0 Å².